The van der Waals surface area contributed by atoms with Crippen LogP contribution in [0.25, 0.3) is 0 Å². The van der Waals surface area contributed by atoms with E-state index in [4.69, 9.17) is 0 Å². The number of sulfonamides is 1. The lowest BCUT2D eigenvalue weighted by Gasteiger charge is -2.28. The van der Waals surface area contributed by atoms with Gasteiger partial charge in [-0.05, 0) is 20.3 Å². The fourth-order valence-electron chi connectivity index (χ4n) is 2.47. The van der Waals surface area contributed by atoms with Crippen LogP contribution in [0, 0.1) is 6.92 Å². The van der Waals surface area contributed by atoms with Crippen molar-refractivity contribution in [3.05, 3.63) is 24.2 Å². The Morgan fingerprint density at radius 1 is 1.35 bits per heavy atom. The summed E-state index contributed by atoms with van der Waals surface area (Å²) >= 11 is 0. The molecule has 1 aliphatic rings. The Hall–Kier alpha value is -1.83. The lowest BCUT2D eigenvalue weighted by atomic mass is 10.3. The van der Waals surface area contributed by atoms with Gasteiger partial charge in [0.1, 0.15) is 10.7 Å². The molecule has 0 aromatic carbocycles. The number of aryl methyl sites for hydroxylation is 3. The van der Waals surface area contributed by atoms with Crippen LogP contribution in [-0.2, 0) is 23.1 Å². The predicted molar refractivity (Wildman–Crippen MR) is 74.0 cm³/mol. The molecule has 0 bridgehead atoms. The molecule has 0 N–H and O–H groups in total. The molecule has 0 radical (unpaired) electrons. The largest absolute Gasteiger partial charge is 0.271 e. The molecule has 3 rings (SSSR count). The highest BCUT2D eigenvalue weighted by atomic mass is 32.2. The van der Waals surface area contributed by atoms with Gasteiger partial charge in [0, 0.05) is 31.9 Å². The Balaban J connectivity index is 2.07. The van der Waals surface area contributed by atoms with E-state index in [0.29, 0.717) is 24.6 Å². The number of fused-ring (bicyclic) bond motifs is 1. The van der Waals surface area contributed by atoms with E-state index in [2.05, 4.69) is 10.2 Å². The first-order valence-corrected chi connectivity index (χ1v) is 8.06. The summed E-state index contributed by atoms with van der Waals surface area (Å²) in [6, 6.07) is 1.73. The van der Waals surface area contributed by atoms with E-state index in [0.717, 1.165) is 13.0 Å². The molecule has 2 aromatic heterocycles. The topological polar surface area (TPSA) is 73.0 Å². The minimum atomic E-state index is -3.58. The van der Waals surface area contributed by atoms with Crippen LogP contribution in [-0.4, -0.2) is 34.5 Å². The maximum atomic E-state index is 12.8. The molecule has 0 fully saturated rings. The minimum absolute atomic E-state index is 0.272. The first kappa shape index (κ1) is 13.2. The summed E-state index contributed by atoms with van der Waals surface area (Å²) in [7, 11) is -3.58. The molecule has 0 spiro atoms. The van der Waals surface area contributed by atoms with Gasteiger partial charge in [0.2, 0.25) is 0 Å². The molecule has 8 heteroatoms. The van der Waals surface area contributed by atoms with Crippen LogP contribution in [0.15, 0.2) is 23.4 Å². The Morgan fingerprint density at radius 2 is 2.15 bits per heavy atom. The number of hydrogen-bond donors (Lipinski definition) is 0. The van der Waals surface area contributed by atoms with Gasteiger partial charge in [-0.1, -0.05) is 0 Å². The molecule has 2 aromatic rings. The third kappa shape index (κ3) is 1.91. The quantitative estimate of drug-likeness (QED) is 0.847. The lowest BCUT2D eigenvalue weighted by Crippen LogP contribution is -2.37. The van der Waals surface area contributed by atoms with Crippen molar-refractivity contribution in [2.24, 2.45) is 0 Å². The second-order valence-corrected chi connectivity index (χ2v) is 6.61. The van der Waals surface area contributed by atoms with Gasteiger partial charge >= 0.3 is 0 Å². The average molecular weight is 295 g/mol. The molecule has 20 heavy (non-hydrogen) atoms. The summed E-state index contributed by atoms with van der Waals surface area (Å²) in [4.78, 5) is 0.272. The summed E-state index contributed by atoms with van der Waals surface area (Å²) in [6.07, 6.45) is 3.99. The Morgan fingerprint density at radius 3 is 2.85 bits per heavy atom. The molecule has 7 nitrogen and oxygen atoms in total. The van der Waals surface area contributed by atoms with Gasteiger partial charge in [0.05, 0.1) is 11.9 Å². The smallest absolute Gasteiger partial charge is 0.268 e. The van der Waals surface area contributed by atoms with E-state index < -0.39 is 10.0 Å². The molecule has 0 atom stereocenters. The molecule has 0 saturated heterocycles. The number of anilines is 1. The molecule has 0 amide bonds. The molecule has 1 aliphatic heterocycles. The molecular formula is C12H17N5O2S. The van der Waals surface area contributed by atoms with Crippen LogP contribution in [0.3, 0.4) is 0 Å². The Kier molecular flexibility index (Phi) is 3.04. The first-order valence-electron chi connectivity index (χ1n) is 6.62. The van der Waals surface area contributed by atoms with Crippen molar-refractivity contribution in [2.75, 3.05) is 10.8 Å². The molecule has 0 unspecified atom stereocenters. The normalized spacial score (nSPS) is 15.4. The van der Waals surface area contributed by atoms with Crippen molar-refractivity contribution in [1.29, 1.82) is 0 Å². The van der Waals surface area contributed by atoms with Gasteiger partial charge in [-0.2, -0.15) is 10.2 Å². The van der Waals surface area contributed by atoms with Crippen molar-refractivity contribution in [1.82, 2.24) is 19.6 Å². The zero-order valence-electron chi connectivity index (χ0n) is 11.5. The summed E-state index contributed by atoms with van der Waals surface area (Å²) in [5, 5.41) is 8.37. The molecule has 3 heterocycles. The second-order valence-electron chi connectivity index (χ2n) is 4.78. The van der Waals surface area contributed by atoms with Crippen LogP contribution in [0.1, 0.15) is 19.0 Å². The van der Waals surface area contributed by atoms with Crippen molar-refractivity contribution in [3.63, 3.8) is 0 Å². The number of rotatable bonds is 3. The maximum absolute atomic E-state index is 12.8. The van der Waals surface area contributed by atoms with Gasteiger partial charge in [-0.3, -0.25) is 4.68 Å². The zero-order valence-corrected chi connectivity index (χ0v) is 12.3. The minimum Gasteiger partial charge on any atom is -0.271 e. The number of aromatic nitrogens is 4. The monoisotopic (exact) mass is 295 g/mol. The SMILES string of the molecule is CCn1cc(S(=O)(=O)N2CCCn3nccc32)c(C)n1. The van der Waals surface area contributed by atoms with E-state index in [9.17, 15) is 8.42 Å². The van der Waals surface area contributed by atoms with Crippen LogP contribution in [0.4, 0.5) is 5.82 Å². The van der Waals surface area contributed by atoms with Crippen LogP contribution < -0.4 is 4.31 Å². The highest BCUT2D eigenvalue weighted by molar-refractivity contribution is 7.92. The number of nitrogens with zero attached hydrogens (tertiary/aromatic N) is 5. The summed E-state index contributed by atoms with van der Waals surface area (Å²) in [5.74, 6) is 0.625. The van der Waals surface area contributed by atoms with Gasteiger partial charge < -0.3 is 0 Å². The summed E-state index contributed by atoms with van der Waals surface area (Å²) in [5.41, 5.74) is 0.531. The zero-order chi connectivity index (χ0) is 14.3. The third-order valence-corrected chi connectivity index (χ3v) is 5.38. The van der Waals surface area contributed by atoms with E-state index >= 15 is 0 Å². The standard InChI is InChI=1S/C12H17N5O2S/c1-3-15-9-11(10(2)14-15)20(18,19)17-8-4-7-16-12(17)5-6-13-16/h5-6,9H,3-4,7-8H2,1-2H3. The van der Waals surface area contributed by atoms with Gasteiger partial charge in [0.25, 0.3) is 10.0 Å². The van der Waals surface area contributed by atoms with Crippen molar-refractivity contribution in [2.45, 2.75) is 38.3 Å². The van der Waals surface area contributed by atoms with E-state index in [1.54, 1.807) is 34.7 Å². The molecule has 108 valence electrons. The Bertz CT molecular complexity index is 731. The summed E-state index contributed by atoms with van der Waals surface area (Å²) < 4.78 is 30.4. The number of hydrogen-bond acceptors (Lipinski definition) is 4. The fraction of sp³-hybridized carbons (Fsp3) is 0.500. The van der Waals surface area contributed by atoms with Crippen LogP contribution >= 0.6 is 0 Å². The van der Waals surface area contributed by atoms with Gasteiger partial charge in [0.15, 0.2) is 0 Å². The summed E-state index contributed by atoms with van der Waals surface area (Å²) in [6.45, 7) is 5.53. The van der Waals surface area contributed by atoms with E-state index in [1.807, 2.05) is 6.92 Å². The lowest BCUT2D eigenvalue weighted by molar-refractivity contribution is 0.532. The average Bonchev–Trinajstić information content (AvgIpc) is 3.03. The first-order chi connectivity index (χ1) is 9.54. The molecular weight excluding hydrogens is 278 g/mol. The Labute approximate surface area is 117 Å². The van der Waals surface area contributed by atoms with E-state index in [-0.39, 0.29) is 4.90 Å². The molecule has 0 aliphatic carbocycles. The van der Waals surface area contributed by atoms with Gasteiger partial charge in [-0.25, -0.2) is 17.4 Å². The maximum Gasteiger partial charge on any atom is 0.268 e. The van der Waals surface area contributed by atoms with Crippen molar-refractivity contribution < 1.29 is 8.42 Å². The molecule has 0 saturated carbocycles. The van der Waals surface area contributed by atoms with Gasteiger partial charge in [-0.15, -0.1) is 0 Å². The highest BCUT2D eigenvalue weighted by Crippen LogP contribution is 2.28. The van der Waals surface area contributed by atoms with Crippen LogP contribution in [0.5, 0.6) is 0 Å². The van der Waals surface area contributed by atoms with Crippen molar-refractivity contribution >= 4 is 15.8 Å². The predicted octanol–water partition coefficient (Wildman–Crippen LogP) is 1.01. The van der Waals surface area contributed by atoms with Crippen molar-refractivity contribution in [3.8, 4) is 0 Å². The third-order valence-electron chi connectivity index (χ3n) is 3.47. The highest BCUT2D eigenvalue weighted by Gasteiger charge is 2.32. The fourth-order valence-corrected chi connectivity index (χ4v) is 4.14. The van der Waals surface area contributed by atoms with Crippen LogP contribution in [0.2, 0.25) is 0 Å². The second kappa shape index (κ2) is 4.62. The van der Waals surface area contributed by atoms with E-state index in [1.165, 1.54) is 4.31 Å².